The molecule has 3 nitrogen and oxygen atoms in total. The van der Waals surface area contributed by atoms with Gasteiger partial charge in [-0.3, -0.25) is 4.99 Å². The molecular formula is C47H34N2OS. The van der Waals surface area contributed by atoms with Gasteiger partial charge >= 0.3 is 0 Å². The quantitative estimate of drug-likeness (QED) is 0.186. The van der Waals surface area contributed by atoms with Crippen LogP contribution in [0.2, 0.25) is 0 Å². The summed E-state index contributed by atoms with van der Waals surface area (Å²) in [5.74, 6) is 1.51. The third kappa shape index (κ3) is 4.66. The second-order valence-electron chi connectivity index (χ2n) is 14.3. The van der Waals surface area contributed by atoms with Crippen molar-refractivity contribution in [1.29, 1.82) is 0 Å². The minimum Gasteiger partial charge on any atom is -0.481 e. The summed E-state index contributed by atoms with van der Waals surface area (Å²) in [5, 5.41) is 0.479. The van der Waals surface area contributed by atoms with Crippen LogP contribution in [0.4, 0.5) is 0 Å². The van der Waals surface area contributed by atoms with Crippen LogP contribution in [0, 0.1) is 5.92 Å². The number of nitrogens with zero attached hydrogens (tertiary/aromatic N) is 2. The Morgan fingerprint density at radius 3 is 2.49 bits per heavy atom. The SMILES string of the molecule is C1=CC(C2=NC=NC3c4cc(-c5cccc(-c6cccc7c6SC6C=CC=CC76)c5)ccc4OC23)CC(c2cccc3c2Cc2ccccc2-3)=C1. The van der Waals surface area contributed by atoms with Crippen LogP contribution in [-0.2, 0) is 6.42 Å². The van der Waals surface area contributed by atoms with Crippen LogP contribution in [0.3, 0.4) is 0 Å². The summed E-state index contributed by atoms with van der Waals surface area (Å²) in [4.78, 5) is 11.2. The van der Waals surface area contributed by atoms with Crippen molar-refractivity contribution in [3.63, 3.8) is 0 Å². The fourth-order valence-corrected chi connectivity index (χ4v) is 10.5. The molecule has 51 heavy (non-hydrogen) atoms. The highest BCUT2D eigenvalue weighted by Crippen LogP contribution is 2.52. The van der Waals surface area contributed by atoms with Gasteiger partial charge < -0.3 is 4.74 Å². The Bertz CT molecular complexity index is 2480. The summed E-state index contributed by atoms with van der Waals surface area (Å²) in [6.07, 6.45) is 19.3. The van der Waals surface area contributed by atoms with Gasteiger partial charge in [0, 0.05) is 27.5 Å². The summed E-state index contributed by atoms with van der Waals surface area (Å²) in [7, 11) is 0. The van der Waals surface area contributed by atoms with Crippen LogP contribution in [0.1, 0.15) is 46.2 Å². The van der Waals surface area contributed by atoms with Gasteiger partial charge in [-0.15, -0.1) is 11.8 Å². The smallest absolute Gasteiger partial charge is 0.164 e. The van der Waals surface area contributed by atoms with Crippen molar-refractivity contribution in [2.75, 3.05) is 0 Å². The number of thioether (sulfide) groups is 1. The van der Waals surface area contributed by atoms with Gasteiger partial charge in [-0.2, -0.15) is 0 Å². The van der Waals surface area contributed by atoms with E-state index >= 15 is 0 Å². The summed E-state index contributed by atoms with van der Waals surface area (Å²) in [5.41, 5.74) is 16.9. The van der Waals surface area contributed by atoms with Crippen molar-refractivity contribution in [1.82, 2.24) is 0 Å². The van der Waals surface area contributed by atoms with E-state index in [-0.39, 0.29) is 18.1 Å². The van der Waals surface area contributed by atoms with E-state index in [1.165, 1.54) is 66.1 Å². The average molecular weight is 675 g/mol. The van der Waals surface area contributed by atoms with Gasteiger partial charge in [0.1, 0.15) is 18.1 Å². The van der Waals surface area contributed by atoms with Crippen LogP contribution in [0.5, 0.6) is 5.75 Å². The van der Waals surface area contributed by atoms with E-state index in [2.05, 4.69) is 146 Å². The zero-order chi connectivity index (χ0) is 33.5. The van der Waals surface area contributed by atoms with E-state index < -0.39 is 0 Å². The standard InChI is InChI=1S/C47H34N2OS/c1-2-14-34-32(9-1)26-40-35(16-7-18-37(34)40)30-11-6-13-33(24-30)44-46-45(49-27-48-44)41-25-29(21-22-42(41)50-46)28-10-5-12-31(23-28)36-17-8-19-39-38-15-3-4-20-43(38)51-47(36)39/h1-23,25,27,33,38,43,45-46H,24,26H2. The molecule has 0 saturated heterocycles. The first-order valence-electron chi connectivity index (χ1n) is 18.0. The zero-order valence-corrected chi connectivity index (χ0v) is 28.8. The molecule has 0 bridgehead atoms. The number of aliphatic imine (C=N–C) groups is 2. The molecule has 4 heteroatoms. The number of benzene rings is 5. The maximum Gasteiger partial charge on any atom is 0.164 e. The molecule has 5 aromatic rings. The molecule has 3 heterocycles. The number of allylic oxidation sites excluding steroid dienone is 7. The van der Waals surface area contributed by atoms with Crippen molar-refractivity contribution in [3.8, 4) is 39.1 Å². The summed E-state index contributed by atoms with van der Waals surface area (Å²) >= 11 is 2.00. The third-order valence-electron chi connectivity index (χ3n) is 11.5. The maximum absolute atomic E-state index is 6.70. The Morgan fingerprint density at radius 2 is 1.49 bits per heavy atom. The first-order chi connectivity index (χ1) is 25.3. The molecule has 6 aliphatic rings. The van der Waals surface area contributed by atoms with Crippen molar-refractivity contribution >= 4 is 29.4 Å². The monoisotopic (exact) mass is 674 g/mol. The number of hydrogen-bond donors (Lipinski definition) is 0. The fourth-order valence-electron chi connectivity index (χ4n) is 9.06. The number of rotatable bonds is 4. The molecule has 3 aliphatic carbocycles. The summed E-state index contributed by atoms with van der Waals surface area (Å²) < 4.78 is 6.70. The Morgan fingerprint density at radius 1 is 0.667 bits per heavy atom. The molecule has 0 amide bonds. The average Bonchev–Trinajstić information content (AvgIpc) is 3.89. The highest BCUT2D eigenvalue weighted by molar-refractivity contribution is 8.00. The molecule has 0 spiro atoms. The lowest BCUT2D eigenvalue weighted by atomic mass is 9.81. The van der Waals surface area contributed by atoms with E-state index in [1.54, 1.807) is 6.34 Å². The van der Waals surface area contributed by atoms with Gasteiger partial charge in [-0.05, 0) is 92.2 Å². The minimum absolute atomic E-state index is 0.105. The van der Waals surface area contributed by atoms with Crippen LogP contribution in [0.15, 0.2) is 161 Å². The highest BCUT2D eigenvalue weighted by atomic mass is 32.2. The van der Waals surface area contributed by atoms with Crippen molar-refractivity contribution in [3.05, 3.63) is 173 Å². The second-order valence-corrected chi connectivity index (χ2v) is 15.5. The predicted octanol–water partition coefficient (Wildman–Crippen LogP) is 11.2. The Balaban J connectivity index is 0.864. The largest absolute Gasteiger partial charge is 0.481 e. The Kier molecular flexibility index (Phi) is 6.63. The van der Waals surface area contributed by atoms with Crippen LogP contribution in [0.25, 0.3) is 39.0 Å². The molecule has 5 unspecified atom stereocenters. The van der Waals surface area contributed by atoms with Gasteiger partial charge in [-0.1, -0.05) is 127 Å². The normalized spacial score (nSPS) is 24.1. The molecular weight excluding hydrogens is 641 g/mol. The Hall–Kier alpha value is -5.45. The summed E-state index contributed by atoms with van der Waals surface area (Å²) in [6.45, 7) is 0. The Labute approximate surface area is 302 Å². The molecule has 0 aromatic heterocycles. The summed E-state index contributed by atoms with van der Waals surface area (Å²) in [6, 6.07) is 37.9. The van der Waals surface area contributed by atoms with Crippen molar-refractivity contribution in [2.24, 2.45) is 15.9 Å². The van der Waals surface area contributed by atoms with Crippen LogP contribution < -0.4 is 4.74 Å². The van der Waals surface area contributed by atoms with Crippen LogP contribution >= 0.6 is 11.8 Å². The molecule has 0 N–H and O–H groups in total. The lowest BCUT2D eigenvalue weighted by molar-refractivity contribution is 0.269. The van der Waals surface area contributed by atoms with E-state index in [1.807, 2.05) is 11.8 Å². The lowest BCUT2D eigenvalue weighted by Gasteiger charge is -2.28. The molecule has 5 aromatic carbocycles. The molecule has 0 saturated carbocycles. The minimum atomic E-state index is -0.207. The number of fused-ring (bicyclic) bond motifs is 9. The van der Waals surface area contributed by atoms with Gasteiger partial charge in [0.05, 0.1) is 5.71 Å². The van der Waals surface area contributed by atoms with Crippen molar-refractivity contribution < 1.29 is 4.74 Å². The number of hydrogen-bond acceptors (Lipinski definition) is 4. The van der Waals surface area contributed by atoms with E-state index in [0.29, 0.717) is 11.2 Å². The second kappa shape index (κ2) is 11.5. The zero-order valence-electron chi connectivity index (χ0n) is 27.9. The first kappa shape index (κ1) is 29.3. The highest BCUT2D eigenvalue weighted by Gasteiger charge is 2.42. The van der Waals surface area contributed by atoms with Crippen LogP contribution in [-0.4, -0.2) is 23.4 Å². The predicted molar refractivity (Wildman–Crippen MR) is 211 cm³/mol. The van der Waals surface area contributed by atoms with Gasteiger partial charge in [0.2, 0.25) is 0 Å². The third-order valence-corrected chi connectivity index (χ3v) is 12.9. The van der Waals surface area contributed by atoms with E-state index in [4.69, 9.17) is 14.7 Å². The topological polar surface area (TPSA) is 34.0 Å². The van der Waals surface area contributed by atoms with E-state index in [9.17, 15) is 0 Å². The molecule has 5 atom stereocenters. The van der Waals surface area contributed by atoms with Gasteiger partial charge in [0.15, 0.2) is 6.10 Å². The molecule has 0 radical (unpaired) electrons. The molecule has 0 fully saturated rings. The number of ether oxygens (including phenoxy) is 1. The van der Waals surface area contributed by atoms with Crippen molar-refractivity contribution in [2.45, 2.75) is 41.1 Å². The lowest BCUT2D eigenvalue weighted by Crippen LogP contribution is -2.36. The van der Waals surface area contributed by atoms with Gasteiger partial charge in [-0.25, -0.2) is 4.99 Å². The fraction of sp³-hybridized carbons (Fsp3) is 0.149. The molecule has 3 aliphatic heterocycles. The van der Waals surface area contributed by atoms with Gasteiger partial charge in [0.25, 0.3) is 0 Å². The first-order valence-corrected chi connectivity index (χ1v) is 18.9. The van der Waals surface area contributed by atoms with E-state index in [0.717, 1.165) is 29.9 Å². The molecule has 11 rings (SSSR count). The maximum atomic E-state index is 6.70. The molecule has 244 valence electrons.